The summed E-state index contributed by atoms with van der Waals surface area (Å²) in [6.45, 7) is 1.71. The van der Waals surface area contributed by atoms with E-state index in [0.29, 0.717) is 15.9 Å². The van der Waals surface area contributed by atoms with Gasteiger partial charge in [-0.3, -0.25) is 4.79 Å². The van der Waals surface area contributed by atoms with Gasteiger partial charge in [0.15, 0.2) is 0 Å². The van der Waals surface area contributed by atoms with Gasteiger partial charge in [0, 0.05) is 6.07 Å². The summed E-state index contributed by atoms with van der Waals surface area (Å²) in [4.78, 5) is 11.4. The van der Waals surface area contributed by atoms with Crippen molar-refractivity contribution in [1.29, 1.82) is 0 Å². The maximum Gasteiger partial charge on any atom is 0.416 e. The molecule has 110 valence electrons. The monoisotopic (exact) mass is 295 g/mol. The van der Waals surface area contributed by atoms with Crippen molar-refractivity contribution in [3.8, 4) is 0 Å². The number of rotatable bonds is 2. The van der Waals surface area contributed by atoms with Gasteiger partial charge in [-0.2, -0.15) is 13.2 Å². The van der Waals surface area contributed by atoms with Gasteiger partial charge in [-0.15, -0.1) is 4.73 Å². The maximum absolute atomic E-state index is 12.4. The third-order valence-corrected chi connectivity index (χ3v) is 2.86. The first-order valence-corrected chi connectivity index (χ1v) is 6.06. The first-order chi connectivity index (χ1) is 9.77. The van der Waals surface area contributed by atoms with Gasteiger partial charge in [0.05, 0.1) is 11.3 Å². The number of aryl methyl sites for hydroxylation is 1. The minimum absolute atomic E-state index is 0.250. The van der Waals surface area contributed by atoms with E-state index in [1.54, 1.807) is 13.0 Å². The SMILES string of the molecule is Cc1cc(C=Cc2ccc(C(F)(F)F)cc2)n(O)c(=O)c1. The van der Waals surface area contributed by atoms with Crippen molar-refractivity contribution in [2.75, 3.05) is 0 Å². The van der Waals surface area contributed by atoms with Crippen molar-refractivity contribution in [2.45, 2.75) is 13.1 Å². The third-order valence-electron chi connectivity index (χ3n) is 2.86. The van der Waals surface area contributed by atoms with Gasteiger partial charge in [-0.1, -0.05) is 18.2 Å². The molecule has 0 spiro atoms. The van der Waals surface area contributed by atoms with Crippen LogP contribution in [0.15, 0.2) is 41.2 Å². The predicted octanol–water partition coefficient (Wildman–Crippen LogP) is 3.58. The fourth-order valence-electron chi connectivity index (χ4n) is 1.80. The molecule has 0 bridgehead atoms. The number of hydrogen-bond acceptors (Lipinski definition) is 2. The fraction of sp³-hybridized carbons (Fsp3) is 0.133. The molecule has 0 saturated heterocycles. The van der Waals surface area contributed by atoms with E-state index in [1.807, 2.05) is 0 Å². The van der Waals surface area contributed by atoms with E-state index in [2.05, 4.69) is 0 Å². The summed E-state index contributed by atoms with van der Waals surface area (Å²) >= 11 is 0. The van der Waals surface area contributed by atoms with Crippen molar-refractivity contribution in [2.24, 2.45) is 0 Å². The van der Waals surface area contributed by atoms with Crippen LogP contribution in [0.2, 0.25) is 0 Å². The molecule has 21 heavy (non-hydrogen) atoms. The van der Waals surface area contributed by atoms with Crippen LogP contribution in [0.5, 0.6) is 0 Å². The predicted molar refractivity (Wildman–Crippen MR) is 73.0 cm³/mol. The summed E-state index contributed by atoms with van der Waals surface area (Å²) in [7, 11) is 0. The van der Waals surface area contributed by atoms with Crippen LogP contribution < -0.4 is 5.56 Å². The Kier molecular flexibility index (Phi) is 3.88. The van der Waals surface area contributed by atoms with Crippen LogP contribution in [0.25, 0.3) is 12.2 Å². The quantitative estimate of drug-likeness (QED) is 0.860. The molecular weight excluding hydrogens is 283 g/mol. The van der Waals surface area contributed by atoms with Gasteiger partial charge >= 0.3 is 6.18 Å². The minimum Gasteiger partial charge on any atom is -0.425 e. The molecule has 3 nitrogen and oxygen atoms in total. The molecule has 6 heteroatoms. The molecule has 0 aliphatic carbocycles. The van der Waals surface area contributed by atoms with Crippen molar-refractivity contribution < 1.29 is 18.4 Å². The Morgan fingerprint density at radius 1 is 1.10 bits per heavy atom. The van der Waals surface area contributed by atoms with E-state index < -0.39 is 17.3 Å². The maximum atomic E-state index is 12.4. The van der Waals surface area contributed by atoms with Crippen LogP contribution in [0.4, 0.5) is 13.2 Å². The highest BCUT2D eigenvalue weighted by atomic mass is 19.4. The van der Waals surface area contributed by atoms with Gasteiger partial charge in [-0.25, -0.2) is 0 Å². The summed E-state index contributed by atoms with van der Waals surface area (Å²) in [6.07, 6.45) is -1.40. The molecule has 0 aliphatic heterocycles. The molecule has 0 unspecified atom stereocenters. The largest absolute Gasteiger partial charge is 0.425 e. The molecule has 0 saturated carbocycles. The van der Waals surface area contributed by atoms with E-state index in [-0.39, 0.29) is 5.69 Å². The Balaban J connectivity index is 2.28. The Morgan fingerprint density at radius 3 is 2.29 bits per heavy atom. The average molecular weight is 295 g/mol. The number of nitrogens with zero attached hydrogens (tertiary/aromatic N) is 1. The summed E-state index contributed by atoms with van der Waals surface area (Å²) in [5.74, 6) is 0. The van der Waals surface area contributed by atoms with Gasteiger partial charge in [0.1, 0.15) is 0 Å². The van der Waals surface area contributed by atoms with Crippen LogP contribution in [-0.4, -0.2) is 9.94 Å². The van der Waals surface area contributed by atoms with Gasteiger partial charge in [-0.05, 0) is 42.3 Å². The molecule has 1 N–H and O–H groups in total. The second kappa shape index (κ2) is 5.47. The molecule has 1 aromatic carbocycles. The molecule has 1 heterocycles. The molecule has 2 aromatic rings. The van der Waals surface area contributed by atoms with E-state index in [0.717, 1.165) is 12.1 Å². The average Bonchev–Trinajstić information content (AvgIpc) is 2.40. The van der Waals surface area contributed by atoms with Gasteiger partial charge in [0.25, 0.3) is 5.56 Å². The smallest absolute Gasteiger partial charge is 0.416 e. The second-order valence-corrected chi connectivity index (χ2v) is 4.56. The standard InChI is InChI=1S/C15H12F3NO2/c1-10-8-13(19(21)14(20)9-10)7-4-11-2-5-12(6-3-11)15(16,17)18/h2-9,21H,1H3. The molecular formula is C15H12F3NO2. The minimum atomic E-state index is -4.37. The zero-order chi connectivity index (χ0) is 15.6. The van der Waals surface area contributed by atoms with Crippen LogP contribution in [0, 0.1) is 6.92 Å². The number of pyridine rings is 1. The van der Waals surface area contributed by atoms with Crippen LogP contribution in [-0.2, 0) is 6.18 Å². The van der Waals surface area contributed by atoms with Crippen LogP contribution >= 0.6 is 0 Å². The molecule has 0 aliphatic rings. The van der Waals surface area contributed by atoms with Crippen molar-refractivity contribution in [1.82, 2.24) is 4.73 Å². The van der Waals surface area contributed by atoms with E-state index in [9.17, 15) is 23.2 Å². The first kappa shape index (κ1) is 14.9. The zero-order valence-corrected chi connectivity index (χ0v) is 11.1. The highest BCUT2D eigenvalue weighted by molar-refractivity contribution is 5.68. The number of aromatic nitrogens is 1. The first-order valence-electron chi connectivity index (χ1n) is 6.06. The Bertz CT molecular complexity index is 728. The van der Waals surface area contributed by atoms with Gasteiger partial charge in [0.2, 0.25) is 0 Å². The third kappa shape index (κ3) is 3.53. The lowest BCUT2D eigenvalue weighted by molar-refractivity contribution is -0.137. The summed E-state index contributed by atoms with van der Waals surface area (Å²) in [5.41, 5.74) is 0.158. The molecule has 0 amide bonds. The highest BCUT2D eigenvalue weighted by Crippen LogP contribution is 2.29. The van der Waals surface area contributed by atoms with E-state index in [4.69, 9.17) is 0 Å². The Hall–Kier alpha value is -2.50. The lowest BCUT2D eigenvalue weighted by atomic mass is 10.1. The Morgan fingerprint density at radius 2 is 1.71 bits per heavy atom. The summed E-state index contributed by atoms with van der Waals surface area (Å²) < 4.78 is 37.7. The summed E-state index contributed by atoms with van der Waals surface area (Å²) in [5, 5.41) is 9.55. The second-order valence-electron chi connectivity index (χ2n) is 4.56. The zero-order valence-electron chi connectivity index (χ0n) is 11.1. The Labute approximate surface area is 118 Å². The van der Waals surface area contributed by atoms with Crippen LogP contribution in [0.1, 0.15) is 22.4 Å². The summed E-state index contributed by atoms with van der Waals surface area (Å²) in [6, 6.07) is 7.44. The molecule has 0 fully saturated rings. The molecule has 0 atom stereocenters. The molecule has 1 aromatic heterocycles. The van der Waals surface area contributed by atoms with Crippen LogP contribution in [0.3, 0.4) is 0 Å². The lowest BCUT2D eigenvalue weighted by Crippen LogP contribution is -2.18. The fourth-order valence-corrected chi connectivity index (χ4v) is 1.80. The molecule has 2 rings (SSSR count). The lowest BCUT2D eigenvalue weighted by Gasteiger charge is -2.06. The van der Waals surface area contributed by atoms with E-state index in [1.165, 1.54) is 30.4 Å². The van der Waals surface area contributed by atoms with Crippen molar-refractivity contribution in [3.63, 3.8) is 0 Å². The number of halogens is 3. The number of alkyl halides is 3. The number of benzene rings is 1. The number of hydrogen-bond donors (Lipinski definition) is 1. The van der Waals surface area contributed by atoms with Crippen molar-refractivity contribution in [3.05, 3.63) is 69.1 Å². The topological polar surface area (TPSA) is 42.2 Å². The molecule has 0 radical (unpaired) electrons. The van der Waals surface area contributed by atoms with E-state index >= 15 is 0 Å². The normalized spacial score (nSPS) is 12.0. The highest BCUT2D eigenvalue weighted by Gasteiger charge is 2.29. The van der Waals surface area contributed by atoms with Gasteiger partial charge < -0.3 is 5.21 Å². The van der Waals surface area contributed by atoms with Crippen molar-refractivity contribution >= 4 is 12.2 Å².